The Hall–Kier alpha value is -2.53. The van der Waals surface area contributed by atoms with Gasteiger partial charge in [0.2, 0.25) is 5.91 Å². The summed E-state index contributed by atoms with van der Waals surface area (Å²) in [6, 6.07) is 9.24. The molecule has 1 aliphatic rings. The topological polar surface area (TPSA) is 54.5 Å². The Morgan fingerprint density at radius 2 is 2.12 bits per heavy atom. The van der Waals surface area contributed by atoms with Crippen LogP contribution in [0.2, 0.25) is 5.02 Å². The second-order valence-corrected chi connectivity index (χ2v) is 6.59. The zero-order valence-corrected chi connectivity index (χ0v) is 15.5. The number of anilines is 1. The third-order valence-electron chi connectivity index (χ3n) is 4.31. The first-order valence-corrected chi connectivity index (χ1v) is 9.03. The maximum Gasteiger partial charge on any atom is 0.244 e. The molecular weight excluding hydrogens is 350 g/mol. The molecule has 2 heterocycles. The van der Waals surface area contributed by atoms with E-state index in [0.717, 1.165) is 30.0 Å². The summed E-state index contributed by atoms with van der Waals surface area (Å²) in [5.41, 5.74) is 1.79. The van der Waals surface area contributed by atoms with Crippen molar-refractivity contribution >= 4 is 29.4 Å². The van der Waals surface area contributed by atoms with Gasteiger partial charge in [-0.1, -0.05) is 11.6 Å². The Kier molecular flexibility index (Phi) is 6.12. The van der Waals surface area contributed by atoms with Gasteiger partial charge >= 0.3 is 0 Å². The van der Waals surface area contributed by atoms with Crippen molar-refractivity contribution in [2.75, 3.05) is 25.1 Å². The van der Waals surface area contributed by atoms with E-state index in [1.54, 1.807) is 37.6 Å². The van der Waals surface area contributed by atoms with Crippen LogP contribution in [0.1, 0.15) is 24.0 Å². The van der Waals surface area contributed by atoms with Crippen molar-refractivity contribution in [1.29, 1.82) is 0 Å². The van der Waals surface area contributed by atoms with Crippen LogP contribution in [0.3, 0.4) is 0 Å². The number of pyridine rings is 1. The molecule has 1 aliphatic heterocycles. The minimum atomic E-state index is -0.174. The molecule has 3 rings (SSSR count). The van der Waals surface area contributed by atoms with Crippen LogP contribution in [0.25, 0.3) is 6.08 Å². The molecule has 1 saturated heterocycles. The summed E-state index contributed by atoms with van der Waals surface area (Å²) in [6.07, 6.45) is 7.39. The fourth-order valence-corrected chi connectivity index (χ4v) is 3.12. The number of benzene rings is 1. The third-order valence-corrected chi connectivity index (χ3v) is 4.55. The maximum absolute atomic E-state index is 12.1. The summed E-state index contributed by atoms with van der Waals surface area (Å²) >= 11 is 6.00. The van der Waals surface area contributed by atoms with E-state index in [2.05, 4.69) is 15.2 Å². The predicted octanol–water partition coefficient (Wildman–Crippen LogP) is 3.67. The Morgan fingerprint density at radius 1 is 1.31 bits per heavy atom. The molecule has 0 atom stereocenters. The average molecular weight is 372 g/mol. The minimum absolute atomic E-state index is 0.174. The molecule has 1 fully saturated rings. The van der Waals surface area contributed by atoms with Gasteiger partial charge in [-0.2, -0.15) is 0 Å². The molecule has 1 amide bonds. The lowest BCUT2D eigenvalue weighted by Crippen LogP contribution is -2.22. The number of carbonyl (C=O) groups is 1. The van der Waals surface area contributed by atoms with E-state index < -0.39 is 0 Å². The molecule has 0 saturated carbocycles. The summed E-state index contributed by atoms with van der Waals surface area (Å²) in [7, 11) is 1.59. The van der Waals surface area contributed by atoms with Crippen molar-refractivity contribution in [3.63, 3.8) is 0 Å². The van der Waals surface area contributed by atoms with E-state index in [4.69, 9.17) is 16.3 Å². The van der Waals surface area contributed by atoms with Crippen LogP contribution in [0.4, 0.5) is 5.82 Å². The number of methoxy groups -OCH3 is 1. The van der Waals surface area contributed by atoms with E-state index in [-0.39, 0.29) is 5.91 Å². The highest BCUT2D eigenvalue weighted by atomic mass is 35.5. The van der Waals surface area contributed by atoms with Gasteiger partial charge < -0.3 is 15.0 Å². The first-order chi connectivity index (χ1) is 12.7. The van der Waals surface area contributed by atoms with Crippen LogP contribution in [-0.4, -0.2) is 31.1 Å². The smallest absolute Gasteiger partial charge is 0.244 e. The molecular formula is C20H22ClN3O2. The first kappa shape index (κ1) is 18.3. The molecule has 136 valence electrons. The van der Waals surface area contributed by atoms with Gasteiger partial charge in [-0.15, -0.1) is 0 Å². The summed E-state index contributed by atoms with van der Waals surface area (Å²) in [5, 5.41) is 3.49. The summed E-state index contributed by atoms with van der Waals surface area (Å²) in [5.74, 6) is 1.47. The predicted molar refractivity (Wildman–Crippen MR) is 105 cm³/mol. The lowest BCUT2D eigenvalue weighted by molar-refractivity contribution is -0.116. The van der Waals surface area contributed by atoms with Crippen molar-refractivity contribution in [1.82, 2.24) is 10.3 Å². The van der Waals surface area contributed by atoms with Gasteiger partial charge in [-0.05, 0) is 54.8 Å². The fourth-order valence-electron chi connectivity index (χ4n) is 2.94. The highest BCUT2D eigenvalue weighted by Gasteiger charge is 2.13. The lowest BCUT2D eigenvalue weighted by Gasteiger charge is -2.16. The number of rotatable bonds is 6. The lowest BCUT2D eigenvalue weighted by atomic mass is 10.2. The Morgan fingerprint density at radius 3 is 2.88 bits per heavy atom. The van der Waals surface area contributed by atoms with Gasteiger partial charge in [0.1, 0.15) is 11.6 Å². The molecule has 0 bridgehead atoms. The number of ether oxygens (including phenoxy) is 1. The molecule has 1 aromatic heterocycles. The van der Waals surface area contributed by atoms with Crippen LogP contribution in [0, 0.1) is 0 Å². The van der Waals surface area contributed by atoms with E-state index in [9.17, 15) is 4.79 Å². The van der Waals surface area contributed by atoms with Gasteiger partial charge in [0, 0.05) is 42.5 Å². The molecule has 6 heteroatoms. The van der Waals surface area contributed by atoms with E-state index in [1.165, 1.54) is 18.9 Å². The number of halogens is 1. The normalized spacial score (nSPS) is 14.0. The number of nitrogens with one attached hydrogen (secondary N) is 1. The first-order valence-electron chi connectivity index (χ1n) is 8.65. The molecule has 5 nitrogen and oxygen atoms in total. The number of amides is 1. The van der Waals surface area contributed by atoms with Crippen LogP contribution in [0.15, 0.2) is 42.6 Å². The number of aromatic nitrogens is 1. The number of hydrogen-bond acceptors (Lipinski definition) is 4. The Labute approximate surface area is 158 Å². The molecule has 0 unspecified atom stereocenters. The van der Waals surface area contributed by atoms with Gasteiger partial charge in [-0.25, -0.2) is 4.98 Å². The van der Waals surface area contributed by atoms with Gasteiger partial charge in [0.05, 0.1) is 7.11 Å². The monoisotopic (exact) mass is 371 g/mol. The van der Waals surface area contributed by atoms with Gasteiger partial charge in [-0.3, -0.25) is 4.79 Å². The van der Waals surface area contributed by atoms with Crippen LogP contribution in [0.5, 0.6) is 5.75 Å². The van der Waals surface area contributed by atoms with Crippen molar-refractivity contribution < 1.29 is 9.53 Å². The van der Waals surface area contributed by atoms with E-state index >= 15 is 0 Å². The minimum Gasteiger partial charge on any atom is -0.496 e. The van der Waals surface area contributed by atoms with Crippen molar-refractivity contribution in [3.05, 3.63) is 58.8 Å². The average Bonchev–Trinajstić information content (AvgIpc) is 3.20. The largest absolute Gasteiger partial charge is 0.496 e. The summed E-state index contributed by atoms with van der Waals surface area (Å²) in [6.45, 7) is 2.55. The van der Waals surface area contributed by atoms with E-state index in [1.807, 2.05) is 12.1 Å². The zero-order chi connectivity index (χ0) is 18.4. The quantitative estimate of drug-likeness (QED) is 0.787. The fraction of sp³-hybridized carbons (Fsp3) is 0.300. The maximum atomic E-state index is 12.1. The van der Waals surface area contributed by atoms with Crippen LogP contribution in [-0.2, 0) is 11.3 Å². The molecule has 0 radical (unpaired) electrons. The Bertz CT molecular complexity index is 801. The van der Waals surface area contributed by atoms with Crippen LogP contribution >= 0.6 is 11.6 Å². The molecule has 26 heavy (non-hydrogen) atoms. The number of hydrogen-bond donors (Lipinski definition) is 1. The van der Waals surface area contributed by atoms with Crippen molar-refractivity contribution in [2.24, 2.45) is 0 Å². The molecule has 0 spiro atoms. The van der Waals surface area contributed by atoms with E-state index in [0.29, 0.717) is 17.3 Å². The Balaban J connectivity index is 1.59. The second-order valence-electron chi connectivity index (χ2n) is 6.15. The number of carbonyl (C=O) groups excluding carboxylic acids is 1. The summed E-state index contributed by atoms with van der Waals surface area (Å²) < 4.78 is 5.27. The van der Waals surface area contributed by atoms with Gasteiger partial charge in [0.25, 0.3) is 0 Å². The molecule has 1 N–H and O–H groups in total. The highest BCUT2D eigenvalue weighted by molar-refractivity contribution is 6.30. The highest BCUT2D eigenvalue weighted by Crippen LogP contribution is 2.23. The SMILES string of the molecule is COc1ccc(Cl)cc1/C=C/C(=O)NCc1ccnc(N2CCCC2)c1. The van der Waals surface area contributed by atoms with Gasteiger partial charge in [0.15, 0.2) is 0 Å². The van der Waals surface area contributed by atoms with Crippen molar-refractivity contribution in [2.45, 2.75) is 19.4 Å². The standard InChI is InChI=1S/C20H22ClN3O2/c1-26-18-6-5-17(21)13-16(18)4-7-20(25)23-14-15-8-9-22-19(12-15)24-10-2-3-11-24/h4-9,12-13H,2-3,10-11,14H2,1H3,(H,23,25)/b7-4+. The second kappa shape index (κ2) is 8.72. The number of nitrogens with zero attached hydrogens (tertiary/aromatic N) is 2. The van der Waals surface area contributed by atoms with Crippen molar-refractivity contribution in [3.8, 4) is 5.75 Å². The van der Waals surface area contributed by atoms with Crippen LogP contribution < -0.4 is 15.0 Å². The molecule has 2 aromatic rings. The third kappa shape index (κ3) is 4.76. The zero-order valence-electron chi connectivity index (χ0n) is 14.7. The summed E-state index contributed by atoms with van der Waals surface area (Å²) in [4.78, 5) is 18.8. The molecule has 1 aromatic carbocycles. The molecule has 0 aliphatic carbocycles.